The predicted molar refractivity (Wildman–Crippen MR) is 73.8 cm³/mol. The number of nitrogens with zero attached hydrogens (tertiary/aromatic N) is 1. The molecule has 1 rings (SSSR count). The van der Waals surface area contributed by atoms with Crippen LogP contribution in [-0.2, 0) is 0 Å². The van der Waals surface area contributed by atoms with Crippen molar-refractivity contribution in [2.75, 3.05) is 11.9 Å². The van der Waals surface area contributed by atoms with Gasteiger partial charge in [0.1, 0.15) is 0 Å². The first-order chi connectivity index (χ1) is 8.43. The molecule has 1 atom stereocenters. The second-order valence-electron chi connectivity index (χ2n) is 4.96. The topological polar surface area (TPSA) is 81.2 Å². The first-order valence-electron chi connectivity index (χ1n) is 6.15. The maximum Gasteiger partial charge on any atom is 0.272 e. The van der Waals surface area contributed by atoms with E-state index in [1.807, 2.05) is 0 Å². The van der Waals surface area contributed by atoms with Crippen LogP contribution in [0.25, 0.3) is 0 Å². The maximum absolute atomic E-state index is 10.7. The van der Waals surface area contributed by atoms with Gasteiger partial charge in [0, 0.05) is 29.9 Å². The Balaban J connectivity index is 2.78. The first kappa shape index (κ1) is 14.4. The maximum atomic E-state index is 10.7. The van der Waals surface area contributed by atoms with Gasteiger partial charge in [0.05, 0.1) is 4.92 Å². The number of nitrogens with two attached hydrogens (primary N) is 1. The minimum absolute atomic E-state index is 0.147. The summed E-state index contributed by atoms with van der Waals surface area (Å²) in [5, 5.41) is 14.0. The Morgan fingerprint density at radius 1 is 1.44 bits per heavy atom. The summed E-state index contributed by atoms with van der Waals surface area (Å²) < 4.78 is 0. The van der Waals surface area contributed by atoms with E-state index in [9.17, 15) is 10.1 Å². The molecule has 0 saturated heterocycles. The largest absolute Gasteiger partial charge is 0.381 e. The quantitative estimate of drug-likeness (QED) is 0.601. The SMILES string of the molecule is Cc1cc(NC(CN)CC(C)C)ccc1[N+](=O)[O-]. The van der Waals surface area contributed by atoms with Gasteiger partial charge in [-0.05, 0) is 31.4 Å². The van der Waals surface area contributed by atoms with Crippen LogP contribution in [0.2, 0.25) is 0 Å². The number of nitro benzene ring substituents is 1. The van der Waals surface area contributed by atoms with Crippen molar-refractivity contribution in [1.82, 2.24) is 0 Å². The molecule has 100 valence electrons. The van der Waals surface area contributed by atoms with Crippen LogP contribution in [0, 0.1) is 23.0 Å². The minimum atomic E-state index is -0.367. The lowest BCUT2D eigenvalue weighted by atomic mass is 10.0. The fourth-order valence-electron chi connectivity index (χ4n) is 1.97. The Labute approximate surface area is 108 Å². The van der Waals surface area contributed by atoms with Gasteiger partial charge in [-0.2, -0.15) is 0 Å². The number of rotatable bonds is 6. The van der Waals surface area contributed by atoms with Gasteiger partial charge in [0.25, 0.3) is 5.69 Å². The van der Waals surface area contributed by atoms with Crippen molar-refractivity contribution >= 4 is 11.4 Å². The van der Waals surface area contributed by atoms with Gasteiger partial charge in [-0.25, -0.2) is 0 Å². The number of benzene rings is 1. The third kappa shape index (κ3) is 4.00. The van der Waals surface area contributed by atoms with E-state index in [0.29, 0.717) is 18.0 Å². The Kier molecular flexibility index (Phi) is 5.09. The van der Waals surface area contributed by atoms with Crippen molar-refractivity contribution in [2.24, 2.45) is 11.7 Å². The molecule has 0 amide bonds. The third-order valence-corrected chi connectivity index (χ3v) is 2.80. The number of aryl methyl sites for hydroxylation is 1. The van der Waals surface area contributed by atoms with Crippen molar-refractivity contribution in [3.63, 3.8) is 0 Å². The molecule has 5 nitrogen and oxygen atoms in total. The molecule has 0 radical (unpaired) electrons. The summed E-state index contributed by atoms with van der Waals surface area (Å²) >= 11 is 0. The molecule has 0 bridgehead atoms. The molecule has 0 spiro atoms. The summed E-state index contributed by atoms with van der Waals surface area (Å²) in [4.78, 5) is 10.4. The van der Waals surface area contributed by atoms with E-state index in [0.717, 1.165) is 12.1 Å². The molecule has 0 aliphatic carbocycles. The molecule has 1 aromatic rings. The zero-order valence-electron chi connectivity index (χ0n) is 11.1. The molecule has 1 aromatic carbocycles. The van der Waals surface area contributed by atoms with E-state index in [-0.39, 0.29) is 16.7 Å². The van der Waals surface area contributed by atoms with Gasteiger partial charge in [-0.3, -0.25) is 10.1 Å². The van der Waals surface area contributed by atoms with Gasteiger partial charge in [0.2, 0.25) is 0 Å². The smallest absolute Gasteiger partial charge is 0.272 e. The number of hydrogen-bond acceptors (Lipinski definition) is 4. The summed E-state index contributed by atoms with van der Waals surface area (Å²) in [5.74, 6) is 0.560. The molecule has 1 unspecified atom stereocenters. The van der Waals surface area contributed by atoms with E-state index in [1.54, 1.807) is 19.1 Å². The molecule has 0 heterocycles. The van der Waals surface area contributed by atoms with Crippen LogP contribution >= 0.6 is 0 Å². The van der Waals surface area contributed by atoms with Gasteiger partial charge in [-0.1, -0.05) is 13.8 Å². The molecule has 3 N–H and O–H groups in total. The van der Waals surface area contributed by atoms with Crippen molar-refractivity contribution in [3.8, 4) is 0 Å². The standard InChI is InChI=1S/C13H21N3O2/c1-9(2)6-12(8-14)15-11-4-5-13(16(17)18)10(3)7-11/h4-5,7,9,12,15H,6,8,14H2,1-3H3. The summed E-state index contributed by atoms with van der Waals surface area (Å²) in [6.07, 6.45) is 0.979. The number of nitrogens with one attached hydrogen (secondary N) is 1. The summed E-state index contributed by atoms with van der Waals surface area (Å²) in [5.41, 5.74) is 7.40. The van der Waals surface area contributed by atoms with Gasteiger partial charge < -0.3 is 11.1 Å². The Morgan fingerprint density at radius 2 is 2.11 bits per heavy atom. The van der Waals surface area contributed by atoms with Crippen molar-refractivity contribution < 1.29 is 4.92 Å². The van der Waals surface area contributed by atoms with Crippen molar-refractivity contribution in [3.05, 3.63) is 33.9 Å². The highest BCUT2D eigenvalue weighted by Gasteiger charge is 2.13. The average Bonchev–Trinajstić information content (AvgIpc) is 2.27. The average molecular weight is 251 g/mol. The van der Waals surface area contributed by atoms with Crippen molar-refractivity contribution in [1.29, 1.82) is 0 Å². The van der Waals surface area contributed by atoms with Crippen LogP contribution in [0.1, 0.15) is 25.8 Å². The van der Waals surface area contributed by atoms with Crippen LogP contribution in [0.15, 0.2) is 18.2 Å². The second kappa shape index (κ2) is 6.35. The fourth-order valence-corrected chi connectivity index (χ4v) is 1.97. The van der Waals surface area contributed by atoms with Gasteiger partial charge in [0.15, 0.2) is 0 Å². The lowest BCUT2D eigenvalue weighted by molar-refractivity contribution is -0.385. The lowest BCUT2D eigenvalue weighted by Gasteiger charge is -2.20. The normalized spacial score (nSPS) is 12.5. The van der Waals surface area contributed by atoms with E-state index >= 15 is 0 Å². The first-order valence-corrected chi connectivity index (χ1v) is 6.15. The van der Waals surface area contributed by atoms with E-state index in [2.05, 4.69) is 19.2 Å². The molecular formula is C13H21N3O2. The number of hydrogen-bond donors (Lipinski definition) is 2. The Bertz CT molecular complexity index is 419. The Hall–Kier alpha value is -1.62. The summed E-state index contributed by atoms with van der Waals surface area (Å²) in [7, 11) is 0. The zero-order valence-corrected chi connectivity index (χ0v) is 11.1. The predicted octanol–water partition coefficient (Wildman–Crippen LogP) is 2.69. The van der Waals surface area contributed by atoms with E-state index in [4.69, 9.17) is 5.73 Å². The van der Waals surface area contributed by atoms with Crippen LogP contribution in [0.4, 0.5) is 11.4 Å². The highest BCUT2D eigenvalue weighted by molar-refractivity contribution is 5.54. The summed E-state index contributed by atoms with van der Waals surface area (Å²) in [6, 6.07) is 5.25. The van der Waals surface area contributed by atoms with Crippen molar-refractivity contribution in [2.45, 2.75) is 33.2 Å². The molecule has 0 aromatic heterocycles. The highest BCUT2D eigenvalue weighted by Crippen LogP contribution is 2.22. The molecule has 0 aliphatic rings. The third-order valence-electron chi connectivity index (χ3n) is 2.80. The monoisotopic (exact) mass is 251 g/mol. The number of nitro groups is 1. The highest BCUT2D eigenvalue weighted by atomic mass is 16.6. The van der Waals surface area contributed by atoms with E-state index in [1.165, 1.54) is 6.07 Å². The molecule has 5 heteroatoms. The second-order valence-corrected chi connectivity index (χ2v) is 4.96. The van der Waals surface area contributed by atoms with E-state index < -0.39 is 0 Å². The van der Waals surface area contributed by atoms with Gasteiger partial charge in [-0.15, -0.1) is 0 Å². The molecule has 0 saturated carbocycles. The number of anilines is 1. The zero-order chi connectivity index (χ0) is 13.7. The molecule has 18 heavy (non-hydrogen) atoms. The van der Waals surface area contributed by atoms with Crippen LogP contribution in [-0.4, -0.2) is 17.5 Å². The lowest BCUT2D eigenvalue weighted by Crippen LogP contribution is -2.30. The minimum Gasteiger partial charge on any atom is -0.381 e. The molecule has 0 fully saturated rings. The fraction of sp³-hybridized carbons (Fsp3) is 0.538. The Morgan fingerprint density at radius 3 is 2.56 bits per heavy atom. The van der Waals surface area contributed by atoms with Crippen LogP contribution in [0.5, 0.6) is 0 Å². The molecular weight excluding hydrogens is 230 g/mol. The summed E-state index contributed by atoms with van der Waals surface area (Å²) in [6.45, 7) is 6.58. The van der Waals surface area contributed by atoms with Gasteiger partial charge >= 0.3 is 0 Å². The van der Waals surface area contributed by atoms with Crippen LogP contribution in [0.3, 0.4) is 0 Å². The molecule has 0 aliphatic heterocycles. The van der Waals surface area contributed by atoms with Crippen LogP contribution < -0.4 is 11.1 Å².